The van der Waals surface area contributed by atoms with Crippen molar-refractivity contribution in [3.8, 4) is 0 Å². The van der Waals surface area contributed by atoms with E-state index in [0.717, 1.165) is 10.6 Å². The van der Waals surface area contributed by atoms with E-state index in [1.807, 2.05) is 30.3 Å². The molecule has 1 aliphatic rings. The van der Waals surface area contributed by atoms with Crippen molar-refractivity contribution in [3.05, 3.63) is 35.9 Å². The number of nitrogens with two attached hydrogens (primary N) is 1. The monoisotopic (exact) mass is 306 g/mol. The summed E-state index contributed by atoms with van der Waals surface area (Å²) in [5.74, 6) is -0.415. The molecule has 1 aliphatic heterocycles. The van der Waals surface area contributed by atoms with Crippen molar-refractivity contribution in [3.63, 3.8) is 0 Å². The maximum absolute atomic E-state index is 12.1. The van der Waals surface area contributed by atoms with Crippen molar-refractivity contribution in [2.45, 2.75) is 25.5 Å². The number of benzene rings is 1. The number of amides is 4. The van der Waals surface area contributed by atoms with Crippen LogP contribution in [0.4, 0.5) is 9.59 Å². The molecule has 0 aliphatic carbocycles. The summed E-state index contributed by atoms with van der Waals surface area (Å²) in [7, 11) is 0. The Bertz CT molecular complexity index is 549. The van der Waals surface area contributed by atoms with Crippen molar-refractivity contribution in [2.75, 3.05) is 6.54 Å². The average Bonchev–Trinajstić information content (AvgIpc) is 2.50. The van der Waals surface area contributed by atoms with Crippen LogP contribution in [-0.4, -0.2) is 35.6 Å². The number of ether oxygens (including phenoxy) is 1. The standard InChI is InChI=1S/C14H18N4O4/c15-13(20)17-18-8-4-7-11(12(18)19)16-14(21)22-9-10-5-2-1-3-6-10/h1-3,5-6,11H,4,7-9H2,(H,16,21)(H3,15,17,20)/t11-/m0/s1. The number of hydrazine groups is 1. The molecule has 2 rings (SSSR count). The van der Waals surface area contributed by atoms with E-state index in [1.165, 1.54) is 0 Å². The van der Waals surface area contributed by atoms with Crippen LogP contribution in [-0.2, 0) is 16.1 Å². The van der Waals surface area contributed by atoms with Crippen molar-refractivity contribution in [1.29, 1.82) is 0 Å². The van der Waals surface area contributed by atoms with E-state index in [2.05, 4.69) is 10.7 Å². The summed E-state index contributed by atoms with van der Waals surface area (Å²) in [5.41, 5.74) is 8.06. The Morgan fingerprint density at radius 1 is 1.32 bits per heavy atom. The van der Waals surface area contributed by atoms with Crippen LogP contribution in [0.3, 0.4) is 0 Å². The molecule has 1 saturated heterocycles. The van der Waals surface area contributed by atoms with E-state index in [9.17, 15) is 14.4 Å². The lowest BCUT2D eigenvalue weighted by Gasteiger charge is -2.31. The highest BCUT2D eigenvalue weighted by atomic mass is 16.5. The highest BCUT2D eigenvalue weighted by Crippen LogP contribution is 2.10. The van der Waals surface area contributed by atoms with Gasteiger partial charge in [-0.2, -0.15) is 0 Å². The number of urea groups is 1. The molecule has 1 fully saturated rings. The number of alkyl carbamates (subject to hydrolysis) is 1. The minimum absolute atomic E-state index is 0.122. The lowest BCUT2D eigenvalue weighted by molar-refractivity contribution is -0.138. The summed E-state index contributed by atoms with van der Waals surface area (Å²) in [6.07, 6.45) is 0.439. The molecule has 1 aromatic carbocycles. The van der Waals surface area contributed by atoms with Gasteiger partial charge in [0.15, 0.2) is 0 Å². The second-order valence-electron chi connectivity index (χ2n) is 4.87. The van der Waals surface area contributed by atoms with E-state index >= 15 is 0 Å². The summed E-state index contributed by atoms with van der Waals surface area (Å²) in [5, 5.41) is 3.60. The van der Waals surface area contributed by atoms with Gasteiger partial charge < -0.3 is 15.8 Å². The number of nitrogens with zero attached hydrogens (tertiary/aromatic N) is 1. The van der Waals surface area contributed by atoms with Gasteiger partial charge in [0, 0.05) is 6.54 Å². The Labute approximate surface area is 127 Å². The van der Waals surface area contributed by atoms with Crippen LogP contribution in [0.25, 0.3) is 0 Å². The third-order valence-corrected chi connectivity index (χ3v) is 3.19. The van der Waals surface area contributed by atoms with Gasteiger partial charge in [-0.25, -0.2) is 15.0 Å². The van der Waals surface area contributed by atoms with E-state index in [0.29, 0.717) is 19.4 Å². The van der Waals surface area contributed by atoms with Crippen molar-refractivity contribution < 1.29 is 19.1 Å². The minimum Gasteiger partial charge on any atom is -0.445 e. The predicted octanol–water partition coefficient (Wildman–Crippen LogP) is 0.487. The Hall–Kier alpha value is -2.77. The molecule has 118 valence electrons. The largest absolute Gasteiger partial charge is 0.445 e. The van der Waals surface area contributed by atoms with Crippen LogP contribution in [0.15, 0.2) is 30.3 Å². The van der Waals surface area contributed by atoms with Crippen LogP contribution < -0.4 is 16.5 Å². The molecule has 0 bridgehead atoms. The predicted molar refractivity (Wildman–Crippen MR) is 77.2 cm³/mol. The molecule has 0 spiro atoms. The topological polar surface area (TPSA) is 114 Å². The van der Waals surface area contributed by atoms with Gasteiger partial charge in [-0.1, -0.05) is 30.3 Å². The second-order valence-corrected chi connectivity index (χ2v) is 4.87. The molecule has 0 unspecified atom stereocenters. The van der Waals surface area contributed by atoms with Crippen LogP contribution in [0, 0.1) is 0 Å². The maximum atomic E-state index is 12.1. The summed E-state index contributed by atoms with van der Waals surface area (Å²) in [6.45, 7) is 0.482. The molecule has 0 aromatic heterocycles. The highest BCUT2D eigenvalue weighted by molar-refractivity contribution is 5.87. The number of hydrogen-bond donors (Lipinski definition) is 3. The number of nitrogens with one attached hydrogen (secondary N) is 2. The molecule has 0 saturated carbocycles. The Balaban J connectivity index is 1.82. The lowest BCUT2D eigenvalue weighted by atomic mass is 10.1. The van der Waals surface area contributed by atoms with Gasteiger partial charge in [0.05, 0.1) is 0 Å². The first kappa shape index (κ1) is 15.6. The summed E-state index contributed by atoms with van der Waals surface area (Å²) >= 11 is 0. The molecule has 22 heavy (non-hydrogen) atoms. The number of primary amides is 1. The summed E-state index contributed by atoms with van der Waals surface area (Å²) in [6, 6.07) is 7.66. The first-order valence-electron chi connectivity index (χ1n) is 6.91. The Morgan fingerprint density at radius 2 is 2.05 bits per heavy atom. The zero-order chi connectivity index (χ0) is 15.9. The molecular weight excluding hydrogens is 288 g/mol. The molecule has 0 radical (unpaired) electrons. The molecule has 4 amide bonds. The molecular formula is C14H18N4O4. The quantitative estimate of drug-likeness (QED) is 0.751. The van der Waals surface area contributed by atoms with Gasteiger partial charge in [-0.05, 0) is 18.4 Å². The molecule has 1 heterocycles. The fraction of sp³-hybridized carbons (Fsp3) is 0.357. The normalized spacial score (nSPS) is 17.7. The lowest BCUT2D eigenvalue weighted by Crippen LogP contribution is -2.58. The summed E-state index contributed by atoms with van der Waals surface area (Å²) < 4.78 is 5.06. The highest BCUT2D eigenvalue weighted by Gasteiger charge is 2.31. The number of hydrogen-bond acceptors (Lipinski definition) is 4. The number of carbonyl (C=O) groups is 3. The zero-order valence-corrected chi connectivity index (χ0v) is 12.0. The Morgan fingerprint density at radius 3 is 2.73 bits per heavy atom. The van der Waals surface area contributed by atoms with Crippen LogP contribution in [0.2, 0.25) is 0 Å². The van der Waals surface area contributed by atoms with Crippen LogP contribution >= 0.6 is 0 Å². The maximum Gasteiger partial charge on any atom is 0.408 e. The molecule has 8 heteroatoms. The fourth-order valence-electron chi connectivity index (χ4n) is 2.16. The van der Waals surface area contributed by atoms with Gasteiger partial charge in [-0.15, -0.1) is 0 Å². The average molecular weight is 306 g/mol. The molecule has 4 N–H and O–H groups in total. The third kappa shape index (κ3) is 4.37. The fourth-order valence-corrected chi connectivity index (χ4v) is 2.16. The van der Waals surface area contributed by atoms with E-state index in [1.54, 1.807) is 0 Å². The molecule has 1 aromatic rings. The van der Waals surface area contributed by atoms with E-state index in [4.69, 9.17) is 10.5 Å². The van der Waals surface area contributed by atoms with Gasteiger partial charge in [-0.3, -0.25) is 9.80 Å². The van der Waals surface area contributed by atoms with E-state index < -0.39 is 24.1 Å². The minimum atomic E-state index is -0.819. The van der Waals surface area contributed by atoms with Gasteiger partial charge in [0.25, 0.3) is 5.91 Å². The first-order chi connectivity index (χ1) is 10.6. The SMILES string of the molecule is NC(=O)NN1CCC[C@H](NC(=O)OCc2ccccc2)C1=O. The van der Waals surface area contributed by atoms with Crippen molar-refractivity contribution >= 4 is 18.0 Å². The van der Waals surface area contributed by atoms with Gasteiger partial charge in [0.1, 0.15) is 12.6 Å². The molecule has 1 atom stereocenters. The Kier molecular flexibility index (Phi) is 5.18. The second kappa shape index (κ2) is 7.30. The molecule has 8 nitrogen and oxygen atoms in total. The number of carbonyl (C=O) groups excluding carboxylic acids is 3. The van der Waals surface area contributed by atoms with E-state index in [-0.39, 0.29) is 6.61 Å². The smallest absolute Gasteiger partial charge is 0.408 e. The van der Waals surface area contributed by atoms with Crippen LogP contribution in [0.1, 0.15) is 18.4 Å². The van der Waals surface area contributed by atoms with Gasteiger partial charge >= 0.3 is 12.1 Å². The summed E-state index contributed by atoms with van der Waals surface area (Å²) in [4.78, 5) is 34.6. The van der Waals surface area contributed by atoms with Crippen LogP contribution in [0.5, 0.6) is 0 Å². The first-order valence-corrected chi connectivity index (χ1v) is 6.91. The van der Waals surface area contributed by atoms with Crippen molar-refractivity contribution in [2.24, 2.45) is 5.73 Å². The van der Waals surface area contributed by atoms with Gasteiger partial charge in [0.2, 0.25) is 0 Å². The van der Waals surface area contributed by atoms with Crippen molar-refractivity contribution in [1.82, 2.24) is 15.8 Å². The number of piperidine rings is 1. The zero-order valence-electron chi connectivity index (χ0n) is 12.0. The third-order valence-electron chi connectivity index (χ3n) is 3.19. The number of rotatable bonds is 4.